The summed E-state index contributed by atoms with van der Waals surface area (Å²) in [6.07, 6.45) is 2.23. The van der Waals surface area contributed by atoms with Crippen LogP contribution in [0.25, 0.3) is 0 Å². The molecule has 0 aliphatic heterocycles. The van der Waals surface area contributed by atoms with E-state index in [2.05, 4.69) is 27.0 Å². The number of nitrogens with zero attached hydrogens (tertiary/aromatic N) is 1. The van der Waals surface area contributed by atoms with Crippen LogP contribution < -0.4 is 20.7 Å². The maximum Gasteiger partial charge on any atom is 0.242 e. The molecule has 144 valence electrons. The second-order valence-corrected chi connectivity index (χ2v) is 7.83. The first-order valence-corrected chi connectivity index (χ1v) is 9.26. The van der Waals surface area contributed by atoms with Gasteiger partial charge in [0.25, 0.3) is 0 Å². The highest BCUT2D eigenvalue weighted by Gasteiger charge is 2.46. The lowest BCUT2D eigenvalue weighted by Crippen LogP contribution is -2.44. The Balaban J connectivity index is 2.00. The van der Waals surface area contributed by atoms with Crippen LogP contribution in [0.4, 0.5) is 0 Å². The van der Waals surface area contributed by atoms with E-state index >= 15 is 0 Å². The molecule has 26 heavy (non-hydrogen) atoms. The molecule has 3 N–H and O–H groups in total. The molecule has 1 amide bonds. The molecule has 0 radical (unpaired) electrons. The van der Waals surface area contributed by atoms with E-state index in [-0.39, 0.29) is 23.4 Å². The van der Waals surface area contributed by atoms with E-state index in [0.29, 0.717) is 5.96 Å². The van der Waals surface area contributed by atoms with Crippen molar-refractivity contribution in [3.05, 3.63) is 29.8 Å². The molecule has 1 saturated carbocycles. The number of hydrogen-bond donors (Lipinski definition) is 3. The number of ether oxygens (including phenoxy) is 1. The second-order valence-electron chi connectivity index (χ2n) is 7.83. The summed E-state index contributed by atoms with van der Waals surface area (Å²) in [5, 5.41) is 9.53. The topological polar surface area (TPSA) is 74.8 Å². The van der Waals surface area contributed by atoms with Gasteiger partial charge >= 0.3 is 0 Å². The van der Waals surface area contributed by atoms with Crippen LogP contribution in [0.3, 0.4) is 0 Å². The number of carbonyl (C=O) groups excluding carboxylic acids is 1. The zero-order valence-corrected chi connectivity index (χ0v) is 16.6. The van der Waals surface area contributed by atoms with E-state index in [0.717, 1.165) is 31.7 Å². The minimum absolute atomic E-state index is 0.0798. The lowest BCUT2D eigenvalue weighted by molar-refractivity contribution is -0.121. The molecular formula is C20H32N4O2. The van der Waals surface area contributed by atoms with Crippen molar-refractivity contribution >= 4 is 11.9 Å². The number of benzene rings is 1. The van der Waals surface area contributed by atoms with Crippen molar-refractivity contribution < 1.29 is 9.53 Å². The average Bonchev–Trinajstić information content (AvgIpc) is 3.37. The van der Waals surface area contributed by atoms with Gasteiger partial charge in [-0.15, -0.1) is 0 Å². The number of aliphatic imine (C=N–C) groups is 1. The number of methoxy groups -OCH3 is 1. The van der Waals surface area contributed by atoms with Gasteiger partial charge in [-0.05, 0) is 46.6 Å². The fourth-order valence-electron chi connectivity index (χ4n) is 2.98. The summed E-state index contributed by atoms with van der Waals surface area (Å²) in [7, 11) is 1.71. The summed E-state index contributed by atoms with van der Waals surface area (Å²) in [4.78, 5) is 16.4. The van der Waals surface area contributed by atoms with Gasteiger partial charge in [0.15, 0.2) is 5.96 Å². The predicted octanol–water partition coefficient (Wildman–Crippen LogP) is 2.20. The molecule has 1 aliphatic carbocycles. The number of amides is 1. The van der Waals surface area contributed by atoms with E-state index < -0.39 is 0 Å². The van der Waals surface area contributed by atoms with Gasteiger partial charge in [-0.3, -0.25) is 4.79 Å². The van der Waals surface area contributed by atoms with Crippen LogP contribution in [0.5, 0.6) is 5.75 Å². The number of guanidine groups is 1. The minimum Gasteiger partial charge on any atom is -0.496 e. The molecule has 1 aromatic rings. The molecule has 6 heteroatoms. The van der Waals surface area contributed by atoms with Gasteiger partial charge in [0.1, 0.15) is 12.3 Å². The SMILES string of the molecule is CCNC(=NCC(=O)NC(C)(C)C)NCC1(c2ccccc2OC)CC1. The number of rotatable bonds is 7. The Hall–Kier alpha value is -2.24. The fraction of sp³-hybridized carbons (Fsp3) is 0.600. The third-order valence-corrected chi connectivity index (χ3v) is 4.37. The van der Waals surface area contributed by atoms with Gasteiger partial charge < -0.3 is 20.7 Å². The second kappa shape index (κ2) is 8.43. The Kier molecular flexibility index (Phi) is 6.51. The highest BCUT2D eigenvalue weighted by Crippen LogP contribution is 2.50. The predicted molar refractivity (Wildman–Crippen MR) is 106 cm³/mol. The molecule has 2 rings (SSSR count). The van der Waals surface area contributed by atoms with Crippen LogP contribution in [-0.4, -0.2) is 44.1 Å². The van der Waals surface area contributed by atoms with Crippen LogP contribution in [-0.2, 0) is 10.2 Å². The van der Waals surface area contributed by atoms with E-state index in [4.69, 9.17) is 4.74 Å². The summed E-state index contributed by atoms with van der Waals surface area (Å²) in [6, 6.07) is 8.18. The third-order valence-electron chi connectivity index (χ3n) is 4.37. The number of para-hydroxylation sites is 1. The first kappa shape index (κ1) is 20.1. The monoisotopic (exact) mass is 360 g/mol. The first-order valence-electron chi connectivity index (χ1n) is 9.26. The Morgan fingerprint density at radius 1 is 1.23 bits per heavy atom. The van der Waals surface area contributed by atoms with Crippen molar-refractivity contribution in [1.82, 2.24) is 16.0 Å². The maximum absolute atomic E-state index is 12.0. The summed E-state index contributed by atoms with van der Waals surface area (Å²) in [6.45, 7) is 9.51. The zero-order chi connectivity index (χ0) is 19.2. The first-order chi connectivity index (χ1) is 12.3. The van der Waals surface area contributed by atoms with Gasteiger partial charge in [0, 0.05) is 29.6 Å². The molecule has 0 bridgehead atoms. The lowest BCUT2D eigenvalue weighted by atomic mass is 9.95. The Morgan fingerprint density at radius 3 is 2.50 bits per heavy atom. The average molecular weight is 361 g/mol. The molecule has 1 aliphatic rings. The van der Waals surface area contributed by atoms with Crippen LogP contribution in [0, 0.1) is 0 Å². The molecule has 0 spiro atoms. The standard InChI is InChI=1S/C20H32N4O2/c1-6-21-18(22-13-17(25)24-19(2,3)4)23-14-20(11-12-20)15-9-7-8-10-16(15)26-5/h7-10H,6,11-14H2,1-5H3,(H,24,25)(H2,21,22,23). The van der Waals surface area contributed by atoms with E-state index in [9.17, 15) is 4.79 Å². The van der Waals surface area contributed by atoms with Crippen LogP contribution in [0.2, 0.25) is 0 Å². The van der Waals surface area contributed by atoms with Crippen molar-refractivity contribution in [3.63, 3.8) is 0 Å². The molecule has 0 saturated heterocycles. The van der Waals surface area contributed by atoms with Crippen molar-refractivity contribution in [2.75, 3.05) is 26.7 Å². The van der Waals surface area contributed by atoms with Crippen LogP contribution in [0.1, 0.15) is 46.1 Å². The molecule has 0 atom stereocenters. The minimum atomic E-state index is -0.250. The summed E-state index contributed by atoms with van der Waals surface area (Å²) >= 11 is 0. The van der Waals surface area contributed by atoms with Gasteiger partial charge in [-0.25, -0.2) is 4.99 Å². The van der Waals surface area contributed by atoms with Crippen LogP contribution >= 0.6 is 0 Å². The van der Waals surface area contributed by atoms with E-state index in [1.54, 1.807) is 7.11 Å². The van der Waals surface area contributed by atoms with Gasteiger partial charge in [-0.2, -0.15) is 0 Å². The normalized spacial score (nSPS) is 16.0. The number of hydrogen-bond acceptors (Lipinski definition) is 3. The molecule has 0 aromatic heterocycles. The van der Waals surface area contributed by atoms with Crippen molar-refractivity contribution in [3.8, 4) is 5.75 Å². The van der Waals surface area contributed by atoms with Crippen molar-refractivity contribution in [1.29, 1.82) is 0 Å². The number of carbonyl (C=O) groups is 1. The fourth-order valence-corrected chi connectivity index (χ4v) is 2.98. The molecule has 6 nitrogen and oxygen atoms in total. The highest BCUT2D eigenvalue weighted by atomic mass is 16.5. The Bertz CT molecular complexity index is 645. The number of nitrogens with one attached hydrogen (secondary N) is 3. The van der Waals surface area contributed by atoms with Gasteiger partial charge in [0.05, 0.1) is 7.11 Å². The molecular weight excluding hydrogens is 328 g/mol. The Labute approximate surface area is 156 Å². The van der Waals surface area contributed by atoms with E-state index in [1.807, 2.05) is 45.9 Å². The van der Waals surface area contributed by atoms with Crippen molar-refractivity contribution in [2.24, 2.45) is 4.99 Å². The Morgan fingerprint density at radius 2 is 1.92 bits per heavy atom. The highest BCUT2D eigenvalue weighted by molar-refractivity contribution is 5.85. The van der Waals surface area contributed by atoms with Gasteiger partial charge in [-0.1, -0.05) is 18.2 Å². The summed E-state index contributed by atoms with van der Waals surface area (Å²) in [5.74, 6) is 1.51. The van der Waals surface area contributed by atoms with Gasteiger partial charge in [0.2, 0.25) is 5.91 Å². The largest absolute Gasteiger partial charge is 0.496 e. The zero-order valence-electron chi connectivity index (χ0n) is 16.6. The third kappa shape index (κ3) is 5.64. The summed E-state index contributed by atoms with van der Waals surface area (Å²) < 4.78 is 5.52. The molecule has 1 aromatic carbocycles. The summed E-state index contributed by atoms with van der Waals surface area (Å²) in [5.41, 5.74) is 1.06. The van der Waals surface area contributed by atoms with Crippen LogP contribution in [0.15, 0.2) is 29.3 Å². The molecule has 0 unspecified atom stereocenters. The molecule has 1 fully saturated rings. The lowest BCUT2D eigenvalue weighted by Gasteiger charge is -2.22. The molecule has 0 heterocycles. The van der Waals surface area contributed by atoms with E-state index in [1.165, 1.54) is 5.56 Å². The quantitative estimate of drug-likeness (QED) is 0.515. The smallest absolute Gasteiger partial charge is 0.242 e. The maximum atomic E-state index is 12.0. The van der Waals surface area contributed by atoms with Crippen molar-refractivity contribution in [2.45, 2.75) is 51.5 Å².